The van der Waals surface area contributed by atoms with Gasteiger partial charge in [0.2, 0.25) is 11.8 Å². The summed E-state index contributed by atoms with van der Waals surface area (Å²) in [6, 6.07) is 8.26. The highest BCUT2D eigenvalue weighted by Gasteiger charge is 2.40. The van der Waals surface area contributed by atoms with Gasteiger partial charge in [0.1, 0.15) is 5.82 Å². The number of ether oxygens (including phenoxy) is 1. The van der Waals surface area contributed by atoms with Gasteiger partial charge in [0.25, 0.3) is 0 Å². The van der Waals surface area contributed by atoms with Crippen molar-refractivity contribution in [3.8, 4) is 21.9 Å². The lowest BCUT2D eigenvalue weighted by Gasteiger charge is -2.22. The second-order valence-corrected chi connectivity index (χ2v) is 15.4. The van der Waals surface area contributed by atoms with Gasteiger partial charge in [-0.25, -0.2) is 13.4 Å². The first-order valence-corrected chi connectivity index (χ1v) is 18.1. The van der Waals surface area contributed by atoms with Gasteiger partial charge in [0, 0.05) is 54.6 Å². The van der Waals surface area contributed by atoms with Crippen molar-refractivity contribution in [3.63, 3.8) is 0 Å². The predicted octanol–water partition coefficient (Wildman–Crippen LogP) is 6.46. The Morgan fingerprint density at radius 2 is 1.93 bits per heavy atom. The topological polar surface area (TPSA) is 133 Å². The fraction of sp³-hybridized carbons (Fsp3) is 0.424. The van der Waals surface area contributed by atoms with Crippen LogP contribution in [0.4, 0.5) is 5.82 Å². The Morgan fingerprint density at radius 3 is 2.76 bits per heavy atom. The maximum absolute atomic E-state index is 13.8. The molecule has 5 aromatic rings. The van der Waals surface area contributed by atoms with Crippen molar-refractivity contribution >= 4 is 37.1 Å². The third-order valence-electron chi connectivity index (χ3n) is 9.33. The Labute approximate surface area is 265 Å². The maximum atomic E-state index is 13.8. The Balaban J connectivity index is 1.29. The van der Waals surface area contributed by atoms with Gasteiger partial charge in [-0.3, -0.25) is 9.97 Å². The molecule has 1 aliphatic carbocycles. The van der Waals surface area contributed by atoms with E-state index in [1.165, 1.54) is 5.56 Å². The SMILES string of the molecule is Cc1nnc(-c2c(CCC3CCOCC3)nc3c(c2-c2cc4ccnc(N[C@@H]5CCc6ncccc65)c4s2)S(=O)(=O)C[C@@H]3C)o1. The van der Waals surface area contributed by atoms with Crippen molar-refractivity contribution in [1.82, 2.24) is 25.1 Å². The standard InChI is InChI=1S/C33H34N6O4S2/c1-18-17-45(40,41)31-28(27(33-39-38-19(2)43-33)25(36-29(18)31)6-5-20-10-14-42-15-11-20)26-16-21-9-13-35-32(30(21)44-26)37-24-8-7-23-22(24)4-3-12-34-23/h3-4,9,12-13,16,18,20,24H,5-8,10-11,14-15,17H2,1-2H3,(H,35,37)/t18-,24+/m0/s1. The minimum absolute atomic E-state index is 0.0302. The van der Waals surface area contributed by atoms with Gasteiger partial charge in [-0.05, 0) is 73.6 Å². The molecule has 232 valence electrons. The molecule has 0 radical (unpaired) electrons. The van der Waals surface area contributed by atoms with Crippen LogP contribution in [0.25, 0.3) is 32.0 Å². The van der Waals surface area contributed by atoms with Crippen LogP contribution in [0.2, 0.25) is 0 Å². The summed E-state index contributed by atoms with van der Waals surface area (Å²) in [7, 11) is -3.61. The summed E-state index contributed by atoms with van der Waals surface area (Å²) in [4.78, 5) is 15.5. The molecule has 0 amide bonds. The molecule has 0 aromatic carbocycles. The number of hydrogen-bond donors (Lipinski definition) is 1. The fourth-order valence-corrected chi connectivity index (χ4v) is 10.4. The molecule has 12 heteroatoms. The number of pyridine rings is 3. The molecule has 0 spiro atoms. The van der Waals surface area contributed by atoms with E-state index in [4.69, 9.17) is 19.1 Å². The first-order chi connectivity index (χ1) is 21.9. The van der Waals surface area contributed by atoms with Crippen LogP contribution in [0.1, 0.15) is 73.1 Å². The van der Waals surface area contributed by atoms with E-state index in [9.17, 15) is 8.42 Å². The summed E-state index contributed by atoms with van der Waals surface area (Å²) >= 11 is 1.54. The number of aromatic nitrogens is 5. The van der Waals surface area contributed by atoms with Crippen LogP contribution >= 0.6 is 11.3 Å². The molecule has 2 atom stereocenters. The van der Waals surface area contributed by atoms with Gasteiger partial charge < -0.3 is 14.5 Å². The van der Waals surface area contributed by atoms with Gasteiger partial charge in [-0.1, -0.05) is 13.0 Å². The van der Waals surface area contributed by atoms with Gasteiger partial charge >= 0.3 is 0 Å². The Bertz CT molecular complexity index is 2030. The summed E-state index contributed by atoms with van der Waals surface area (Å²) in [5.41, 5.74) is 5.01. The van der Waals surface area contributed by atoms with E-state index in [0.29, 0.717) is 45.8 Å². The molecular weight excluding hydrogens is 609 g/mol. The summed E-state index contributed by atoms with van der Waals surface area (Å²) in [5, 5.41) is 13.2. The van der Waals surface area contributed by atoms with Gasteiger partial charge in [-0.2, -0.15) is 0 Å². The Morgan fingerprint density at radius 1 is 1.07 bits per heavy atom. The van der Waals surface area contributed by atoms with Gasteiger partial charge in [0.05, 0.1) is 38.3 Å². The van der Waals surface area contributed by atoms with Gasteiger partial charge in [0.15, 0.2) is 9.84 Å². The summed E-state index contributed by atoms with van der Waals surface area (Å²) < 4.78 is 40.3. The van der Waals surface area contributed by atoms with E-state index in [1.807, 2.05) is 25.3 Å². The molecule has 1 fully saturated rings. The smallest absolute Gasteiger partial charge is 0.250 e. The highest BCUT2D eigenvalue weighted by atomic mass is 32.2. The van der Waals surface area contributed by atoms with Crippen LogP contribution < -0.4 is 5.32 Å². The van der Waals surface area contributed by atoms with Crippen LogP contribution in [0.3, 0.4) is 0 Å². The molecule has 10 nitrogen and oxygen atoms in total. The first-order valence-electron chi connectivity index (χ1n) is 15.6. The van der Waals surface area contributed by atoms with Crippen molar-refractivity contribution < 1.29 is 17.6 Å². The van der Waals surface area contributed by atoms with Crippen LogP contribution in [0, 0.1) is 12.8 Å². The Hall–Kier alpha value is -3.74. The fourth-order valence-electron chi connectivity index (χ4n) is 7.12. The van der Waals surface area contributed by atoms with Crippen LogP contribution in [0.5, 0.6) is 0 Å². The number of anilines is 1. The minimum atomic E-state index is -3.61. The number of hydrogen-bond acceptors (Lipinski definition) is 11. The summed E-state index contributed by atoms with van der Waals surface area (Å²) in [5.74, 6) is 1.84. The molecule has 0 bridgehead atoms. The van der Waals surface area contributed by atoms with E-state index in [-0.39, 0.29) is 17.7 Å². The van der Waals surface area contributed by atoms with E-state index in [2.05, 4.69) is 32.6 Å². The average Bonchev–Trinajstić information content (AvgIpc) is 3.81. The first kappa shape index (κ1) is 28.7. The normalized spacial score (nSPS) is 20.8. The second-order valence-electron chi connectivity index (χ2n) is 12.4. The predicted molar refractivity (Wildman–Crippen MR) is 172 cm³/mol. The molecule has 5 aromatic heterocycles. The molecule has 45 heavy (non-hydrogen) atoms. The second kappa shape index (κ2) is 11.3. The summed E-state index contributed by atoms with van der Waals surface area (Å²) in [6.07, 6.45) is 9.14. The van der Waals surface area contributed by atoms with Crippen molar-refractivity contribution in [2.24, 2.45) is 5.92 Å². The van der Waals surface area contributed by atoms with Crippen molar-refractivity contribution in [2.45, 2.75) is 69.2 Å². The zero-order chi connectivity index (χ0) is 30.7. The number of sulfone groups is 1. The van der Waals surface area contributed by atoms with Crippen molar-refractivity contribution in [2.75, 3.05) is 24.3 Å². The molecule has 8 rings (SSSR count). The van der Waals surface area contributed by atoms with E-state index < -0.39 is 9.84 Å². The van der Waals surface area contributed by atoms with Crippen LogP contribution in [-0.2, 0) is 27.4 Å². The highest BCUT2D eigenvalue weighted by Crippen LogP contribution is 2.50. The molecule has 1 N–H and O–H groups in total. The minimum Gasteiger partial charge on any atom is -0.421 e. The Kier molecular flexibility index (Phi) is 7.18. The monoisotopic (exact) mass is 642 g/mol. The van der Waals surface area contributed by atoms with Crippen LogP contribution in [0.15, 0.2) is 46.0 Å². The molecule has 1 saturated heterocycles. The quantitative estimate of drug-likeness (QED) is 0.211. The molecule has 7 heterocycles. The molecule has 0 unspecified atom stereocenters. The lowest BCUT2D eigenvalue weighted by atomic mass is 9.91. The number of nitrogens with one attached hydrogen (secondary N) is 1. The zero-order valence-corrected chi connectivity index (χ0v) is 26.9. The maximum Gasteiger partial charge on any atom is 0.250 e. The van der Waals surface area contributed by atoms with Crippen molar-refractivity contribution in [1.29, 1.82) is 0 Å². The largest absolute Gasteiger partial charge is 0.421 e. The van der Waals surface area contributed by atoms with Crippen LogP contribution in [-0.4, -0.2) is 52.5 Å². The lowest BCUT2D eigenvalue weighted by molar-refractivity contribution is 0.0639. The van der Waals surface area contributed by atoms with Crippen molar-refractivity contribution in [3.05, 3.63) is 65.2 Å². The molecular formula is C33H34N6O4S2. The highest BCUT2D eigenvalue weighted by molar-refractivity contribution is 7.92. The van der Waals surface area contributed by atoms with Gasteiger partial charge in [-0.15, -0.1) is 21.5 Å². The molecule has 0 saturated carbocycles. The average molecular weight is 643 g/mol. The number of thiophene rings is 1. The van der Waals surface area contributed by atoms with E-state index in [0.717, 1.165) is 77.5 Å². The van der Waals surface area contributed by atoms with E-state index >= 15 is 0 Å². The lowest BCUT2D eigenvalue weighted by Crippen LogP contribution is -2.17. The zero-order valence-electron chi connectivity index (χ0n) is 25.2. The third kappa shape index (κ3) is 5.12. The number of nitrogens with zero attached hydrogens (tertiary/aromatic N) is 5. The molecule has 2 aliphatic heterocycles. The number of fused-ring (bicyclic) bond motifs is 3. The number of rotatable bonds is 7. The van der Waals surface area contributed by atoms with E-state index in [1.54, 1.807) is 24.5 Å². The summed E-state index contributed by atoms with van der Waals surface area (Å²) in [6.45, 7) is 5.24. The number of aryl methyl sites for hydroxylation is 3. The molecule has 3 aliphatic rings. The third-order valence-corrected chi connectivity index (χ3v) is 12.5.